The van der Waals surface area contributed by atoms with Gasteiger partial charge in [0.2, 0.25) is 5.28 Å². The molecule has 88 valence electrons. The maximum atomic E-state index is 13.3. The van der Waals surface area contributed by atoms with Crippen LogP contribution >= 0.6 is 11.6 Å². The van der Waals surface area contributed by atoms with E-state index < -0.39 is 5.82 Å². The van der Waals surface area contributed by atoms with Crippen molar-refractivity contribution >= 4 is 17.4 Å². The first-order chi connectivity index (χ1) is 7.65. The summed E-state index contributed by atoms with van der Waals surface area (Å²) in [4.78, 5) is 9.67. The highest BCUT2D eigenvalue weighted by Gasteiger charge is 2.18. The number of piperidine rings is 1. The molecule has 16 heavy (non-hydrogen) atoms. The normalized spacial score (nSPS) is 18.7. The van der Waals surface area contributed by atoms with Gasteiger partial charge in [0.25, 0.3) is 0 Å². The van der Waals surface area contributed by atoms with Crippen LogP contribution in [-0.2, 0) is 0 Å². The van der Waals surface area contributed by atoms with Gasteiger partial charge in [0, 0.05) is 6.04 Å². The third-order valence-electron chi connectivity index (χ3n) is 2.77. The Morgan fingerprint density at radius 1 is 1.50 bits per heavy atom. The Morgan fingerprint density at radius 3 is 2.88 bits per heavy atom. The van der Waals surface area contributed by atoms with E-state index in [0.717, 1.165) is 32.1 Å². The number of rotatable bonds is 2. The Kier molecular flexibility index (Phi) is 3.56. The van der Waals surface area contributed by atoms with E-state index in [2.05, 4.69) is 27.2 Å². The van der Waals surface area contributed by atoms with E-state index in [1.807, 2.05) is 0 Å². The highest BCUT2D eigenvalue weighted by atomic mass is 35.5. The minimum absolute atomic E-state index is 0.0665. The smallest absolute Gasteiger partial charge is 0.224 e. The van der Waals surface area contributed by atoms with Gasteiger partial charge < -0.3 is 10.2 Å². The number of aromatic nitrogens is 2. The molecule has 0 saturated carbocycles. The molecule has 0 spiro atoms. The summed E-state index contributed by atoms with van der Waals surface area (Å²) in [5.41, 5.74) is 0. The molecule has 0 radical (unpaired) electrons. The molecule has 0 aromatic carbocycles. The van der Waals surface area contributed by atoms with Crippen LogP contribution in [-0.4, -0.2) is 41.0 Å². The van der Waals surface area contributed by atoms with Crippen LogP contribution in [0.15, 0.2) is 6.20 Å². The van der Waals surface area contributed by atoms with Gasteiger partial charge in [-0.25, -0.2) is 9.37 Å². The molecule has 1 N–H and O–H groups in total. The maximum Gasteiger partial charge on any atom is 0.224 e. The zero-order valence-corrected chi connectivity index (χ0v) is 9.84. The fourth-order valence-electron chi connectivity index (χ4n) is 1.79. The molecule has 0 bridgehead atoms. The van der Waals surface area contributed by atoms with Crippen LogP contribution in [0, 0.1) is 5.82 Å². The second-order valence-corrected chi connectivity index (χ2v) is 4.40. The standard InChI is InChI=1S/C10H14ClFN4/c1-16-4-2-7(3-5-16)14-9-8(12)6-13-10(11)15-9/h6-7H,2-5H2,1H3,(H,13,14,15). The Hall–Kier alpha value is -0.940. The summed E-state index contributed by atoms with van der Waals surface area (Å²) in [6.07, 6.45) is 3.06. The van der Waals surface area contributed by atoms with Crippen molar-refractivity contribution < 1.29 is 4.39 Å². The van der Waals surface area contributed by atoms with Gasteiger partial charge in [-0.2, -0.15) is 4.98 Å². The van der Waals surface area contributed by atoms with Gasteiger partial charge in [-0.05, 0) is 44.6 Å². The summed E-state index contributed by atoms with van der Waals surface area (Å²) in [6, 6.07) is 0.261. The summed E-state index contributed by atoms with van der Waals surface area (Å²) in [5.74, 6) is -0.252. The maximum absolute atomic E-state index is 13.3. The molecule has 1 fully saturated rings. The number of nitrogens with one attached hydrogen (secondary N) is 1. The molecular formula is C10H14ClFN4. The molecule has 2 rings (SSSR count). The van der Waals surface area contributed by atoms with Gasteiger partial charge in [0.15, 0.2) is 11.6 Å². The number of halogens is 2. The number of hydrogen-bond acceptors (Lipinski definition) is 4. The van der Waals surface area contributed by atoms with E-state index in [1.165, 1.54) is 0 Å². The molecule has 1 aliphatic rings. The lowest BCUT2D eigenvalue weighted by Crippen LogP contribution is -2.37. The first-order valence-corrected chi connectivity index (χ1v) is 5.66. The molecule has 1 aromatic rings. The van der Waals surface area contributed by atoms with E-state index >= 15 is 0 Å². The highest BCUT2D eigenvalue weighted by molar-refractivity contribution is 6.28. The quantitative estimate of drug-likeness (QED) is 0.806. The fraction of sp³-hybridized carbons (Fsp3) is 0.600. The van der Waals surface area contributed by atoms with E-state index in [4.69, 9.17) is 11.6 Å². The largest absolute Gasteiger partial charge is 0.365 e. The molecule has 1 aliphatic heterocycles. The zero-order valence-electron chi connectivity index (χ0n) is 9.08. The average Bonchev–Trinajstić information content (AvgIpc) is 2.27. The third kappa shape index (κ3) is 2.80. The van der Waals surface area contributed by atoms with Crippen molar-refractivity contribution in [3.8, 4) is 0 Å². The predicted octanol–water partition coefficient (Wildman–Crippen LogP) is 1.78. The van der Waals surface area contributed by atoms with Gasteiger partial charge in [-0.1, -0.05) is 0 Å². The molecule has 1 aromatic heterocycles. The molecule has 0 atom stereocenters. The van der Waals surface area contributed by atoms with E-state index in [1.54, 1.807) is 0 Å². The SMILES string of the molecule is CN1CCC(Nc2nc(Cl)ncc2F)CC1. The second kappa shape index (κ2) is 4.93. The van der Waals surface area contributed by atoms with Crippen molar-refractivity contribution in [1.82, 2.24) is 14.9 Å². The van der Waals surface area contributed by atoms with Crippen molar-refractivity contribution in [2.24, 2.45) is 0 Å². The monoisotopic (exact) mass is 244 g/mol. The Morgan fingerprint density at radius 2 is 2.19 bits per heavy atom. The van der Waals surface area contributed by atoms with Crippen LogP contribution in [0.2, 0.25) is 5.28 Å². The van der Waals surface area contributed by atoms with Gasteiger partial charge in [-0.3, -0.25) is 0 Å². The summed E-state index contributed by atoms with van der Waals surface area (Å²) >= 11 is 5.62. The summed E-state index contributed by atoms with van der Waals surface area (Å²) in [5, 5.41) is 3.14. The van der Waals surface area contributed by atoms with Gasteiger partial charge >= 0.3 is 0 Å². The van der Waals surface area contributed by atoms with Crippen molar-refractivity contribution in [1.29, 1.82) is 0 Å². The van der Waals surface area contributed by atoms with Gasteiger partial charge in [-0.15, -0.1) is 0 Å². The fourth-order valence-corrected chi connectivity index (χ4v) is 1.93. The number of hydrogen-bond donors (Lipinski definition) is 1. The molecule has 0 aliphatic carbocycles. The highest BCUT2D eigenvalue weighted by Crippen LogP contribution is 2.17. The van der Waals surface area contributed by atoms with Crippen molar-refractivity contribution in [3.05, 3.63) is 17.3 Å². The van der Waals surface area contributed by atoms with Crippen LogP contribution < -0.4 is 5.32 Å². The molecule has 6 heteroatoms. The Labute approximate surface area is 98.8 Å². The molecule has 4 nitrogen and oxygen atoms in total. The van der Waals surface area contributed by atoms with Crippen molar-refractivity contribution in [2.75, 3.05) is 25.5 Å². The van der Waals surface area contributed by atoms with Crippen molar-refractivity contribution in [2.45, 2.75) is 18.9 Å². The van der Waals surface area contributed by atoms with Crippen molar-refractivity contribution in [3.63, 3.8) is 0 Å². The molecule has 2 heterocycles. The van der Waals surface area contributed by atoms with Crippen LogP contribution in [0.3, 0.4) is 0 Å². The zero-order chi connectivity index (χ0) is 11.5. The number of anilines is 1. The summed E-state index contributed by atoms with van der Waals surface area (Å²) in [7, 11) is 2.08. The van der Waals surface area contributed by atoms with Gasteiger partial charge in [0.05, 0.1) is 6.20 Å². The summed E-state index contributed by atoms with van der Waals surface area (Å²) < 4.78 is 13.3. The molecule has 1 saturated heterocycles. The molecular weight excluding hydrogens is 231 g/mol. The van der Waals surface area contributed by atoms with E-state index in [-0.39, 0.29) is 17.1 Å². The molecule has 0 amide bonds. The predicted molar refractivity (Wildman–Crippen MR) is 61.1 cm³/mol. The van der Waals surface area contributed by atoms with Crippen LogP contribution in [0.25, 0.3) is 0 Å². The Balaban J connectivity index is 2.00. The number of nitrogens with zero attached hydrogens (tertiary/aromatic N) is 3. The molecule has 0 unspecified atom stereocenters. The first-order valence-electron chi connectivity index (χ1n) is 5.28. The van der Waals surface area contributed by atoms with Crippen LogP contribution in [0.4, 0.5) is 10.2 Å². The van der Waals surface area contributed by atoms with E-state index in [9.17, 15) is 4.39 Å². The Bertz CT molecular complexity index is 366. The van der Waals surface area contributed by atoms with Crippen LogP contribution in [0.1, 0.15) is 12.8 Å². The lowest BCUT2D eigenvalue weighted by molar-refractivity contribution is 0.263. The first kappa shape index (κ1) is 11.5. The second-order valence-electron chi connectivity index (χ2n) is 4.06. The summed E-state index contributed by atoms with van der Waals surface area (Å²) in [6.45, 7) is 2.02. The van der Waals surface area contributed by atoms with Crippen LogP contribution in [0.5, 0.6) is 0 Å². The minimum atomic E-state index is -0.455. The minimum Gasteiger partial charge on any atom is -0.365 e. The number of likely N-dealkylation sites (tertiary alicyclic amines) is 1. The lowest BCUT2D eigenvalue weighted by Gasteiger charge is -2.29. The third-order valence-corrected chi connectivity index (χ3v) is 2.96. The average molecular weight is 245 g/mol. The van der Waals surface area contributed by atoms with Gasteiger partial charge in [0.1, 0.15) is 0 Å². The topological polar surface area (TPSA) is 41.0 Å². The van der Waals surface area contributed by atoms with E-state index in [0.29, 0.717) is 0 Å². The lowest BCUT2D eigenvalue weighted by atomic mass is 10.1.